The largest absolute Gasteiger partial charge is 0.466 e. The number of hydrogen-bond donors (Lipinski definition) is 0. The zero-order valence-corrected chi connectivity index (χ0v) is 12.3. The normalized spacial score (nSPS) is 14.2. The fraction of sp³-hybridized carbons (Fsp3) is 0.600. The third-order valence-corrected chi connectivity index (χ3v) is 3.47. The van der Waals surface area contributed by atoms with Gasteiger partial charge in [0, 0.05) is 6.20 Å². The number of nitrogens with zero attached hydrogens (tertiary/aromatic N) is 2. The van der Waals surface area contributed by atoms with E-state index >= 15 is 0 Å². The molecule has 0 N–H and O–H groups in total. The molecular formula is C15H24N2O2. The quantitative estimate of drug-likeness (QED) is 0.710. The molecule has 0 aromatic carbocycles. The van der Waals surface area contributed by atoms with Gasteiger partial charge in [-0.05, 0) is 39.1 Å². The molecule has 1 unspecified atom stereocenters. The van der Waals surface area contributed by atoms with Crippen LogP contribution in [0.15, 0.2) is 24.4 Å². The maximum Gasteiger partial charge on any atom is 0.308 e. The molecule has 1 aromatic rings. The van der Waals surface area contributed by atoms with E-state index in [0.29, 0.717) is 13.0 Å². The Morgan fingerprint density at radius 3 is 2.47 bits per heavy atom. The van der Waals surface area contributed by atoms with Crippen molar-refractivity contribution in [3.63, 3.8) is 0 Å². The molecule has 0 spiro atoms. The molecule has 0 aliphatic rings. The van der Waals surface area contributed by atoms with E-state index in [4.69, 9.17) is 4.74 Å². The summed E-state index contributed by atoms with van der Waals surface area (Å²) >= 11 is 0. The second kappa shape index (κ2) is 7.24. The summed E-state index contributed by atoms with van der Waals surface area (Å²) in [5.74, 6) is -0.178. The van der Waals surface area contributed by atoms with Crippen molar-refractivity contribution in [3.8, 4) is 0 Å². The van der Waals surface area contributed by atoms with Crippen LogP contribution in [-0.2, 0) is 15.1 Å². The molecule has 1 rings (SSSR count). The number of aromatic nitrogens is 1. The van der Waals surface area contributed by atoms with Crippen molar-refractivity contribution >= 4 is 5.97 Å². The van der Waals surface area contributed by atoms with Crippen molar-refractivity contribution in [2.75, 3.05) is 19.7 Å². The van der Waals surface area contributed by atoms with E-state index in [0.717, 1.165) is 18.8 Å². The predicted octanol–water partition coefficient (Wildman–Crippen LogP) is 2.59. The number of esters is 1. The fourth-order valence-electron chi connectivity index (χ4n) is 2.46. The third-order valence-electron chi connectivity index (χ3n) is 3.47. The summed E-state index contributed by atoms with van der Waals surface area (Å²) in [6.45, 7) is 10.2. The molecule has 4 heteroatoms. The molecule has 1 heterocycles. The van der Waals surface area contributed by atoms with Crippen molar-refractivity contribution in [2.45, 2.75) is 39.7 Å². The van der Waals surface area contributed by atoms with Gasteiger partial charge in [-0.25, -0.2) is 0 Å². The summed E-state index contributed by atoms with van der Waals surface area (Å²) in [5.41, 5.74) is 0.489. The third kappa shape index (κ3) is 3.77. The average molecular weight is 264 g/mol. The monoisotopic (exact) mass is 264 g/mol. The molecule has 0 saturated heterocycles. The molecule has 0 radical (unpaired) electrons. The summed E-state index contributed by atoms with van der Waals surface area (Å²) in [6.07, 6.45) is 2.09. The van der Waals surface area contributed by atoms with Crippen LogP contribution in [0.2, 0.25) is 0 Å². The highest BCUT2D eigenvalue weighted by Crippen LogP contribution is 2.30. The summed E-state index contributed by atoms with van der Waals surface area (Å²) < 4.78 is 5.10. The van der Waals surface area contributed by atoms with Gasteiger partial charge in [-0.2, -0.15) is 0 Å². The zero-order chi connectivity index (χ0) is 14.3. The highest BCUT2D eigenvalue weighted by Gasteiger charge is 2.36. The maximum absolute atomic E-state index is 11.9. The maximum atomic E-state index is 11.9. The Kier molecular flexibility index (Phi) is 5.96. The molecule has 4 nitrogen and oxygen atoms in total. The average Bonchev–Trinajstić information content (AvgIpc) is 2.41. The minimum Gasteiger partial charge on any atom is -0.466 e. The lowest BCUT2D eigenvalue weighted by Gasteiger charge is -2.39. The van der Waals surface area contributed by atoms with E-state index < -0.39 is 5.54 Å². The lowest BCUT2D eigenvalue weighted by Crippen LogP contribution is -2.46. The van der Waals surface area contributed by atoms with Gasteiger partial charge in [0.05, 0.1) is 24.3 Å². The van der Waals surface area contributed by atoms with Crippen molar-refractivity contribution in [3.05, 3.63) is 30.1 Å². The van der Waals surface area contributed by atoms with Gasteiger partial charge in [-0.3, -0.25) is 14.7 Å². The van der Waals surface area contributed by atoms with Crippen LogP contribution in [0.4, 0.5) is 0 Å². The van der Waals surface area contributed by atoms with Crippen LogP contribution < -0.4 is 0 Å². The Balaban J connectivity index is 3.06. The van der Waals surface area contributed by atoms with Gasteiger partial charge in [0.15, 0.2) is 0 Å². The van der Waals surface area contributed by atoms with Gasteiger partial charge >= 0.3 is 5.97 Å². The van der Waals surface area contributed by atoms with Gasteiger partial charge in [-0.15, -0.1) is 0 Å². The van der Waals surface area contributed by atoms with E-state index in [9.17, 15) is 4.79 Å². The standard InChI is InChI=1S/C15H24N2O2/c1-5-17(6-2)15(4,12-14(18)19-7-3)13-10-8-9-11-16-13/h8-11H,5-7,12H2,1-4H3. The van der Waals surface area contributed by atoms with Crippen molar-refractivity contribution in [2.24, 2.45) is 0 Å². The van der Waals surface area contributed by atoms with E-state index in [1.165, 1.54) is 0 Å². The molecule has 1 atom stereocenters. The Morgan fingerprint density at radius 1 is 1.32 bits per heavy atom. The first-order valence-electron chi connectivity index (χ1n) is 6.90. The molecule has 0 fully saturated rings. The fourth-order valence-corrected chi connectivity index (χ4v) is 2.46. The van der Waals surface area contributed by atoms with E-state index in [1.54, 1.807) is 6.20 Å². The minimum absolute atomic E-state index is 0.178. The topological polar surface area (TPSA) is 42.4 Å². The summed E-state index contributed by atoms with van der Waals surface area (Å²) in [7, 11) is 0. The lowest BCUT2D eigenvalue weighted by molar-refractivity contribution is -0.146. The first kappa shape index (κ1) is 15.6. The first-order valence-corrected chi connectivity index (χ1v) is 6.90. The molecule has 0 saturated carbocycles. The molecule has 0 amide bonds. The second-order valence-electron chi connectivity index (χ2n) is 4.64. The van der Waals surface area contributed by atoms with Crippen LogP contribution in [0.1, 0.15) is 39.8 Å². The summed E-state index contributed by atoms with van der Waals surface area (Å²) in [4.78, 5) is 18.6. The predicted molar refractivity (Wildman–Crippen MR) is 75.8 cm³/mol. The van der Waals surface area contributed by atoms with Gasteiger partial charge in [0.25, 0.3) is 0 Å². The number of rotatable bonds is 7. The van der Waals surface area contributed by atoms with Gasteiger partial charge in [-0.1, -0.05) is 19.9 Å². The van der Waals surface area contributed by atoms with Crippen molar-refractivity contribution in [1.82, 2.24) is 9.88 Å². The molecular weight excluding hydrogens is 240 g/mol. The molecule has 0 aliphatic carbocycles. The number of hydrogen-bond acceptors (Lipinski definition) is 4. The van der Waals surface area contributed by atoms with Crippen LogP contribution >= 0.6 is 0 Å². The number of ether oxygens (including phenoxy) is 1. The Hall–Kier alpha value is -1.42. The highest BCUT2D eigenvalue weighted by molar-refractivity contribution is 5.71. The van der Waals surface area contributed by atoms with Crippen LogP contribution in [0.5, 0.6) is 0 Å². The van der Waals surface area contributed by atoms with Crippen LogP contribution in [0.3, 0.4) is 0 Å². The molecule has 1 aromatic heterocycles. The highest BCUT2D eigenvalue weighted by atomic mass is 16.5. The van der Waals surface area contributed by atoms with Gasteiger partial charge in [0.2, 0.25) is 0 Å². The van der Waals surface area contributed by atoms with Crippen LogP contribution in [0, 0.1) is 0 Å². The van der Waals surface area contributed by atoms with Gasteiger partial charge < -0.3 is 4.74 Å². The Labute approximate surface area is 115 Å². The zero-order valence-electron chi connectivity index (χ0n) is 12.3. The number of pyridine rings is 1. The van der Waals surface area contributed by atoms with Crippen molar-refractivity contribution in [1.29, 1.82) is 0 Å². The second-order valence-corrected chi connectivity index (χ2v) is 4.64. The Bertz CT molecular complexity index is 390. The Morgan fingerprint density at radius 2 is 2.00 bits per heavy atom. The SMILES string of the molecule is CCOC(=O)CC(C)(c1ccccn1)N(CC)CC. The van der Waals surface area contributed by atoms with E-state index in [-0.39, 0.29) is 5.97 Å². The minimum atomic E-state index is -0.420. The number of carbonyl (C=O) groups is 1. The number of carbonyl (C=O) groups excluding carboxylic acids is 1. The van der Waals surface area contributed by atoms with Gasteiger partial charge in [0.1, 0.15) is 0 Å². The summed E-state index contributed by atoms with van der Waals surface area (Å²) in [6, 6.07) is 5.81. The van der Waals surface area contributed by atoms with E-state index in [1.807, 2.05) is 25.1 Å². The smallest absolute Gasteiger partial charge is 0.308 e. The van der Waals surface area contributed by atoms with Crippen molar-refractivity contribution < 1.29 is 9.53 Å². The first-order chi connectivity index (χ1) is 9.08. The molecule has 19 heavy (non-hydrogen) atoms. The molecule has 0 aliphatic heterocycles. The lowest BCUT2D eigenvalue weighted by atomic mass is 9.90. The van der Waals surface area contributed by atoms with Crippen LogP contribution in [-0.4, -0.2) is 35.5 Å². The van der Waals surface area contributed by atoms with Crippen LogP contribution in [0.25, 0.3) is 0 Å². The molecule has 106 valence electrons. The van der Waals surface area contributed by atoms with E-state index in [2.05, 4.69) is 30.7 Å². The summed E-state index contributed by atoms with van der Waals surface area (Å²) in [5, 5.41) is 0. The molecule has 0 bridgehead atoms.